The molecule has 2 aromatic rings. The van der Waals surface area contributed by atoms with E-state index < -0.39 is 260 Å². The summed E-state index contributed by atoms with van der Waals surface area (Å²) in [7, 11) is 0. The summed E-state index contributed by atoms with van der Waals surface area (Å²) < 4.78 is 89.4. The van der Waals surface area contributed by atoms with Crippen molar-refractivity contribution in [2.45, 2.75) is 274 Å². The number of hydrogen-bond acceptors (Lipinski definition) is 43. The highest BCUT2D eigenvalue weighted by Gasteiger charge is 2.56. The number of nitrogens with zero attached hydrogens (tertiary/aromatic N) is 6. The summed E-state index contributed by atoms with van der Waals surface area (Å²) in [5.41, 5.74) is 0.732. The van der Waals surface area contributed by atoms with E-state index in [1.54, 1.807) is 13.8 Å². The van der Waals surface area contributed by atoms with Crippen molar-refractivity contribution in [1.29, 1.82) is 0 Å². The van der Waals surface area contributed by atoms with E-state index >= 15 is 0 Å². The Kier molecular flexibility index (Phi) is 32.7. The highest BCUT2D eigenvalue weighted by Crippen LogP contribution is 2.37. The Morgan fingerprint density at radius 3 is 1.03 bits per heavy atom. The van der Waals surface area contributed by atoms with Crippen molar-refractivity contribution < 1.29 is 183 Å². The maximum absolute atomic E-state index is 11.3. The van der Waals surface area contributed by atoms with Crippen LogP contribution in [-0.2, 0) is 97.4 Å². The lowest BCUT2D eigenvalue weighted by molar-refractivity contribution is -0.374. The van der Waals surface area contributed by atoms with Crippen molar-refractivity contribution >= 4 is 0 Å². The van der Waals surface area contributed by atoms with Crippen LogP contribution in [0.25, 0.3) is 0 Å². The highest BCUT2D eigenvalue weighted by molar-refractivity contribution is 5.23. The van der Waals surface area contributed by atoms with Gasteiger partial charge in [-0.1, -0.05) is 22.6 Å². The number of aliphatic hydroxyl groups is 22. The Bertz CT molecular complexity index is 2900. The number of aromatic nitrogens is 6. The molecule has 624 valence electrons. The first-order valence-corrected chi connectivity index (χ1v) is 36.0. The van der Waals surface area contributed by atoms with Gasteiger partial charge < -0.3 is 194 Å². The van der Waals surface area contributed by atoms with Crippen LogP contribution in [0.15, 0.2) is 35.7 Å². The summed E-state index contributed by atoms with van der Waals surface area (Å²) in [5.74, 6) is 0. The normalized spacial score (nSPS) is 43.1. The first kappa shape index (κ1) is 87.6. The predicted octanol–water partition coefficient (Wildman–Crippen LogP) is -14.4. The molecule has 8 aliphatic rings. The minimum atomic E-state index is -1.95. The van der Waals surface area contributed by atoms with Gasteiger partial charge in [0.25, 0.3) is 0 Å². The molecule has 2 aromatic heterocycles. The smallest absolute Gasteiger partial charge is 0.187 e. The summed E-state index contributed by atoms with van der Waals surface area (Å²) in [4.78, 5) is 0. The molecule has 109 heavy (non-hydrogen) atoms. The Balaban J connectivity index is 0.565. The Morgan fingerprint density at radius 2 is 0.697 bits per heavy atom. The first-order valence-electron chi connectivity index (χ1n) is 36.0. The summed E-state index contributed by atoms with van der Waals surface area (Å²) in [5, 5.41) is 256. The van der Waals surface area contributed by atoms with Crippen molar-refractivity contribution in [3.05, 3.63) is 47.1 Å². The lowest BCUT2D eigenvalue weighted by Gasteiger charge is -2.48. The van der Waals surface area contributed by atoms with Crippen LogP contribution in [0.5, 0.6) is 0 Å². The van der Waals surface area contributed by atoms with Crippen LogP contribution in [0.1, 0.15) is 38.1 Å². The van der Waals surface area contributed by atoms with Gasteiger partial charge in [0.15, 0.2) is 37.7 Å². The monoisotopic (exact) mass is 1580 g/mol. The van der Waals surface area contributed by atoms with Crippen LogP contribution < -0.4 is 10.6 Å². The second-order valence-corrected chi connectivity index (χ2v) is 27.9. The molecule has 45 heteroatoms. The molecule has 8 heterocycles. The lowest BCUT2D eigenvalue weighted by atomic mass is 9.87. The fourth-order valence-electron chi connectivity index (χ4n) is 14.0. The zero-order valence-corrected chi connectivity index (χ0v) is 59.5. The second-order valence-electron chi connectivity index (χ2n) is 27.9. The van der Waals surface area contributed by atoms with Crippen molar-refractivity contribution in [1.82, 2.24) is 40.6 Å². The minimum absolute atomic E-state index is 0.0678. The Labute approximate surface area is 622 Å². The van der Waals surface area contributed by atoms with E-state index in [2.05, 4.69) is 31.3 Å². The van der Waals surface area contributed by atoms with Gasteiger partial charge in [-0.2, -0.15) is 0 Å². The van der Waals surface area contributed by atoms with E-state index in [1.807, 2.05) is 0 Å². The molecule has 0 aromatic carbocycles. The maximum Gasteiger partial charge on any atom is 0.187 e. The number of aliphatic hydroxyl groups excluding tert-OH is 22. The molecule has 0 spiro atoms. The van der Waals surface area contributed by atoms with Crippen molar-refractivity contribution in [2.24, 2.45) is 0 Å². The molecule has 0 radical (unpaired) electrons. The number of rotatable bonds is 36. The van der Waals surface area contributed by atoms with Gasteiger partial charge in [-0.15, -0.1) is 10.2 Å². The molecule has 36 atom stereocenters. The van der Waals surface area contributed by atoms with Gasteiger partial charge >= 0.3 is 0 Å². The molecule has 0 amide bonds. The predicted molar refractivity (Wildman–Crippen MR) is 350 cm³/mol. The van der Waals surface area contributed by atoms with Crippen LogP contribution in [-0.4, -0.2) is 442 Å². The van der Waals surface area contributed by atoms with Crippen LogP contribution >= 0.6 is 0 Å². The molecule has 6 saturated heterocycles. The van der Waals surface area contributed by atoms with Gasteiger partial charge in [0.05, 0.1) is 142 Å². The van der Waals surface area contributed by atoms with Crippen molar-refractivity contribution in [2.75, 3.05) is 79.3 Å². The van der Waals surface area contributed by atoms with E-state index in [0.717, 1.165) is 0 Å². The van der Waals surface area contributed by atoms with E-state index in [4.69, 9.17) is 71.1 Å². The third kappa shape index (κ3) is 21.3. The number of nitrogens with one attached hydrogen (secondary N) is 2. The highest BCUT2D eigenvalue weighted by atomic mass is 16.8. The summed E-state index contributed by atoms with van der Waals surface area (Å²) in [6.45, 7) is 0.107. The zero-order valence-electron chi connectivity index (χ0n) is 59.5. The van der Waals surface area contributed by atoms with Crippen LogP contribution in [0.3, 0.4) is 0 Å². The molecule has 2 aliphatic carbocycles. The number of hydrogen-bond donors (Lipinski definition) is 24. The van der Waals surface area contributed by atoms with Gasteiger partial charge in [0.2, 0.25) is 0 Å². The third-order valence-electron chi connectivity index (χ3n) is 20.3. The lowest BCUT2D eigenvalue weighted by Crippen LogP contribution is -2.66. The molecule has 6 fully saturated rings. The molecule has 10 rings (SSSR count). The van der Waals surface area contributed by atoms with Crippen molar-refractivity contribution in [3.8, 4) is 0 Å². The standard InChI is InChI=1S/C64H106N8O37/c1-25-31(65-33-11-27(17-73)41(81)45(85)43(33)83)13-35(79)59(100-25)106-55-39(21-77)104-63(53(93)49(55)89)108-57-37(19-75)102-61(51(91)47(57)87)98-23-29-15-71(69-67-29)3-5-95-7-9-97-10-8-96-6-4-72-16-30(68-70-72)24-99-62-52(92)48(88)58(38(20-76)103-62)109-64-54(94)50(90)56(40(22-78)105-64)107-60-36(80)14-32(26(2)101-60)66-34-12-28(18-74)42(82)46(86)44(34)84/h11-12,15-16,25-26,31-66,73-94H,3-10,13-14,17-24H2,1-2H3/t25?,26?,31-,32+,33-,34+,35?,36?,37?,38?,39?,40?,41+,42-,43-,44-,45-,46+,47?,48?,49?,50?,51?,52?,53?,54?,55+,56-,57+,58-,59+,60-,61+,62-,63+,64-/m1/s1. The molecule has 45 nitrogen and oxygen atoms in total. The molecule has 6 aliphatic heterocycles. The van der Waals surface area contributed by atoms with Gasteiger partial charge in [-0.25, -0.2) is 9.36 Å². The quantitative estimate of drug-likeness (QED) is 0.0222. The molecule has 0 saturated carbocycles. The largest absolute Gasteiger partial charge is 0.394 e. The summed E-state index contributed by atoms with van der Waals surface area (Å²) >= 11 is 0. The number of ether oxygens (including phenoxy) is 15. The van der Waals surface area contributed by atoms with Gasteiger partial charge in [0.1, 0.15) is 158 Å². The van der Waals surface area contributed by atoms with E-state index in [-0.39, 0.29) is 101 Å². The van der Waals surface area contributed by atoms with E-state index in [1.165, 1.54) is 33.9 Å². The molecule has 16 unspecified atom stereocenters. The van der Waals surface area contributed by atoms with Crippen molar-refractivity contribution in [3.63, 3.8) is 0 Å². The average Bonchev–Trinajstić information content (AvgIpc) is 1.64. The molecule has 0 bridgehead atoms. The second kappa shape index (κ2) is 40.7. The molecular weight excluding hydrogens is 1470 g/mol. The van der Waals surface area contributed by atoms with E-state index in [9.17, 15) is 112 Å². The third-order valence-corrected chi connectivity index (χ3v) is 20.3. The molecular formula is C64H106N8O37. The van der Waals surface area contributed by atoms with Gasteiger partial charge in [-0.3, -0.25) is 0 Å². The van der Waals surface area contributed by atoms with Crippen LogP contribution in [0.4, 0.5) is 0 Å². The van der Waals surface area contributed by atoms with E-state index in [0.29, 0.717) is 0 Å². The van der Waals surface area contributed by atoms with Crippen LogP contribution in [0, 0.1) is 0 Å². The average molecular weight is 1580 g/mol. The minimum Gasteiger partial charge on any atom is -0.394 e. The topological polar surface area (TPSA) is 669 Å². The SMILES string of the molecule is CC1O[C@H](O[C@@H]2C(CO)O[C@H](O[C@@H]3C(CO)O[C@@H](OCc4cn(CCOCCOCCOCCn5cc(CO[C@H]6OC(CO)[C@H](O[C@@H]7OC(CO)[C@H](O[C@@H]8OC(C)[C@H](N[C@@H]9C=C(CO)[C@H](O)[C@@H](O)[C@@H]9O)CC8O)C(O)C7O)C(O)C6O)nn5)nn4)C(O)C3O)C(O)C2O)C(O)C[C@@H]1N[C@H]1C=C(CO)[C@@H](O)[C@H](O)[C@@H]1O. The Hall–Kier alpha value is -3.80. The Morgan fingerprint density at radius 1 is 0.385 bits per heavy atom. The molecule has 24 N–H and O–H groups in total. The fourth-order valence-corrected chi connectivity index (χ4v) is 14.0. The van der Waals surface area contributed by atoms with Gasteiger partial charge in [-0.05, 0) is 37.8 Å². The zero-order chi connectivity index (χ0) is 78.7. The first-order chi connectivity index (χ1) is 52.2. The summed E-state index contributed by atoms with van der Waals surface area (Å²) in [6, 6.07) is -3.24. The van der Waals surface area contributed by atoms with Crippen LogP contribution in [0.2, 0.25) is 0 Å². The summed E-state index contributed by atoms with van der Waals surface area (Å²) in [6.07, 6.45) is -44.3. The van der Waals surface area contributed by atoms with Gasteiger partial charge in [0, 0.05) is 12.1 Å². The maximum atomic E-state index is 11.3. The fraction of sp³-hybridized carbons (Fsp3) is 0.875.